The molecule has 0 unspecified atom stereocenters. The molecule has 2 rings (SSSR count). The minimum Gasteiger partial charge on any atom is -0.341 e. The summed E-state index contributed by atoms with van der Waals surface area (Å²) < 4.78 is 0. The van der Waals surface area contributed by atoms with Gasteiger partial charge in [-0.1, -0.05) is 12.8 Å². The fourth-order valence-corrected chi connectivity index (χ4v) is 2.50. The van der Waals surface area contributed by atoms with Crippen LogP contribution in [0.15, 0.2) is 0 Å². The van der Waals surface area contributed by atoms with E-state index < -0.39 is 0 Å². The lowest BCUT2D eigenvalue weighted by Gasteiger charge is -2.23. The van der Waals surface area contributed by atoms with Crippen LogP contribution in [-0.4, -0.2) is 37.0 Å². The van der Waals surface area contributed by atoms with E-state index in [1.54, 1.807) is 0 Å². The quantitative estimate of drug-likeness (QED) is 0.678. The SMILES string of the molecule is O=C(C1CCCC1)N1CCCNCC1. The Hall–Kier alpha value is -0.570. The molecular weight excluding hydrogens is 176 g/mol. The standard InChI is InChI=1S/C11H20N2O/c14-11(10-4-1-2-5-10)13-8-3-6-12-7-9-13/h10,12H,1-9H2. The largest absolute Gasteiger partial charge is 0.341 e. The molecule has 2 aliphatic rings. The normalized spacial score (nSPS) is 25.0. The zero-order valence-corrected chi connectivity index (χ0v) is 8.80. The van der Waals surface area contributed by atoms with Gasteiger partial charge in [0.2, 0.25) is 5.91 Å². The Morgan fingerprint density at radius 2 is 1.86 bits per heavy atom. The van der Waals surface area contributed by atoms with Crippen molar-refractivity contribution in [3.8, 4) is 0 Å². The molecule has 3 heteroatoms. The molecule has 1 saturated heterocycles. The van der Waals surface area contributed by atoms with Gasteiger partial charge in [0.05, 0.1) is 0 Å². The summed E-state index contributed by atoms with van der Waals surface area (Å²) in [5, 5.41) is 3.33. The van der Waals surface area contributed by atoms with E-state index in [0.29, 0.717) is 11.8 Å². The number of hydrogen-bond donors (Lipinski definition) is 1. The van der Waals surface area contributed by atoms with Crippen LogP contribution in [0.25, 0.3) is 0 Å². The topological polar surface area (TPSA) is 32.3 Å². The minimum absolute atomic E-state index is 0.355. The highest BCUT2D eigenvalue weighted by atomic mass is 16.2. The van der Waals surface area contributed by atoms with Gasteiger partial charge in [0.25, 0.3) is 0 Å². The fraction of sp³-hybridized carbons (Fsp3) is 0.909. The van der Waals surface area contributed by atoms with E-state index in [1.165, 1.54) is 12.8 Å². The van der Waals surface area contributed by atoms with E-state index in [1.807, 2.05) is 0 Å². The number of nitrogens with zero attached hydrogens (tertiary/aromatic N) is 1. The van der Waals surface area contributed by atoms with Crippen LogP contribution in [0.1, 0.15) is 32.1 Å². The van der Waals surface area contributed by atoms with Crippen molar-refractivity contribution in [1.82, 2.24) is 10.2 Å². The van der Waals surface area contributed by atoms with E-state index >= 15 is 0 Å². The maximum atomic E-state index is 12.1. The van der Waals surface area contributed by atoms with Crippen molar-refractivity contribution in [2.24, 2.45) is 5.92 Å². The highest BCUT2D eigenvalue weighted by Crippen LogP contribution is 2.26. The zero-order valence-electron chi connectivity index (χ0n) is 8.80. The zero-order chi connectivity index (χ0) is 9.80. The summed E-state index contributed by atoms with van der Waals surface area (Å²) in [6.07, 6.45) is 5.87. The lowest BCUT2D eigenvalue weighted by atomic mass is 10.1. The molecule has 0 radical (unpaired) electrons. The lowest BCUT2D eigenvalue weighted by molar-refractivity contribution is -0.135. The Kier molecular flexibility index (Phi) is 3.40. The third-order valence-electron chi connectivity index (χ3n) is 3.36. The van der Waals surface area contributed by atoms with Crippen LogP contribution >= 0.6 is 0 Å². The van der Waals surface area contributed by atoms with Gasteiger partial charge in [0, 0.05) is 25.6 Å². The van der Waals surface area contributed by atoms with Crippen molar-refractivity contribution < 1.29 is 4.79 Å². The molecule has 1 N–H and O–H groups in total. The van der Waals surface area contributed by atoms with Gasteiger partial charge in [-0.25, -0.2) is 0 Å². The van der Waals surface area contributed by atoms with Gasteiger partial charge in [-0.05, 0) is 25.8 Å². The van der Waals surface area contributed by atoms with E-state index in [0.717, 1.165) is 45.4 Å². The first-order valence-corrected chi connectivity index (χ1v) is 5.87. The second-order valence-corrected chi connectivity index (χ2v) is 4.41. The van der Waals surface area contributed by atoms with Gasteiger partial charge < -0.3 is 10.2 Å². The molecule has 2 fully saturated rings. The Morgan fingerprint density at radius 3 is 2.64 bits per heavy atom. The third-order valence-corrected chi connectivity index (χ3v) is 3.36. The van der Waals surface area contributed by atoms with Crippen LogP contribution < -0.4 is 5.32 Å². The second-order valence-electron chi connectivity index (χ2n) is 4.41. The van der Waals surface area contributed by atoms with Crippen molar-refractivity contribution in [3.05, 3.63) is 0 Å². The summed E-state index contributed by atoms with van der Waals surface area (Å²) in [6, 6.07) is 0. The van der Waals surface area contributed by atoms with Crippen LogP contribution in [0.5, 0.6) is 0 Å². The molecule has 0 spiro atoms. The van der Waals surface area contributed by atoms with E-state index in [2.05, 4.69) is 10.2 Å². The molecule has 1 aliphatic heterocycles. The maximum absolute atomic E-state index is 12.1. The average molecular weight is 196 g/mol. The second kappa shape index (κ2) is 4.78. The first-order valence-electron chi connectivity index (χ1n) is 5.87. The number of amides is 1. The van der Waals surface area contributed by atoms with Gasteiger partial charge in [0.1, 0.15) is 0 Å². The summed E-state index contributed by atoms with van der Waals surface area (Å²) in [5.74, 6) is 0.777. The molecule has 0 aromatic heterocycles. The molecule has 0 atom stereocenters. The number of hydrogen-bond acceptors (Lipinski definition) is 2. The Bertz CT molecular complexity index is 191. The van der Waals surface area contributed by atoms with Gasteiger partial charge in [-0.2, -0.15) is 0 Å². The van der Waals surface area contributed by atoms with Crippen molar-refractivity contribution in [2.45, 2.75) is 32.1 Å². The van der Waals surface area contributed by atoms with E-state index in [9.17, 15) is 4.79 Å². The highest BCUT2D eigenvalue weighted by molar-refractivity contribution is 5.79. The molecule has 3 nitrogen and oxygen atoms in total. The molecule has 80 valence electrons. The van der Waals surface area contributed by atoms with Gasteiger partial charge >= 0.3 is 0 Å². The summed E-state index contributed by atoms with van der Waals surface area (Å²) in [4.78, 5) is 14.1. The first-order chi connectivity index (χ1) is 6.88. The molecule has 14 heavy (non-hydrogen) atoms. The molecule has 0 aromatic carbocycles. The smallest absolute Gasteiger partial charge is 0.225 e. The van der Waals surface area contributed by atoms with Crippen LogP contribution in [0.2, 0.25) is 0 Å². The monoisotopic (exact) mass is 196 g/mol. The summed E-state index contributed by atoms with van der Waals surface area (Å²) in [6.45, 7) is 3.91. The van der Waals surface area contributed by atoms with E-state index in [4.69, 9.17) is 0 Å². The van der Waals surface area contributed by atoms with Gasteiger partial charge in [0.15, 0.2) is 0 Å². The highest BCUT2D eigenvalue weighted by Gasteiger charge is 2.27. The third kappa shape index (κ3) is 2.27. The van der Waals surface area contributed by atoms with Crippen LogP contribution in [0.4, 0.5) is 0 Å². The maximum Gasteiger partial charge on any atom is 0.225 e. The number of carbonyl (C=O) groups is 1. The van der Waals surface area contributed by atoms with Crippen molar-refractivity contribution >= 4 is 5.91 Å². The molecular formula is C11H20N2O. The number of nitrogens with one attached hydrogen (secondary N) is 1. The van der Waals surface area contributed by atoms with Crippen molar-refractivity contribution in [1.29, 1.82) is 0 Å². The van der Waals surface area contributed by atoms with Crippen LogP contribution in [0, 0.1) is 5.92 Å². The first kappa shape index (κ1) is 9.97. The summed E-state index contributed by atoms with van der Waals surface area (Å²) in [5.41, 5.74) is 0. The predicted molar refractivity (Wildman–Crippen MR) is 56.0 cm³/mol. The molecule has 1 saturated carbocycles. The van der Waals surface area contributed by atoms with Gasteiger partial charge in [-0.3, -0.25) is 4.79 Å². The molecule has 0 aromatic rings. The minimum atomic E-state index is 0.355. The Balaban J connectivity index is 1.88. The predicted octanol–water partition coefficient (Wildman–Crippen LogP) is 0.998. The fourth-order valence-electron chi connectivity index (χ4n) is 2.50. The molecule has 0 bridgehead atoms. The molecule has 1 aliphatic carbocycles. The lowest BCUT2D eigenvalue weighted by Crippen LogP contribution is -2.37. The van der Waals surface area contributed by atoms with Crippen molar-refractivity contribution in [3.63, 3.8) is 0 Å². The van der Waals surface area contributed by atoms with Crippen molar-refractivity contribution in [2.75, 3.05) is 26.2 Å². The van der Waals surface area contributed by atoms with Crippen LogP contribution in [-0.2, 0) is 4.79 Å². The number of carbonyl (C=O) groups excluding carboxylic acids is 1. The van der Waals surface area contributed by atoms with Crippen LogP contribution in [0.3, 0.4) is 0 Å². The Labute approximate surface area is 85.8 Å². The molecule has 1 heterocycles. The summed E-state index contributed by atoms with van der Waals surface area (Å²) in [7, 11) is 0. The summed E-state index contributed by atoms with van der Waals surface area (Å²) >= 11 is 0. The number of rotatable bonds is 1. The van der Waals surface area contributed by atoms with E-state index in [-0.39, 0.29) is 0 Å². The molecule has 1 amide bonds. The van der Waals surface area contributed by atoms with Gasteiger partial charge in [-0.15, -0.1) is 0 Å². The average Bonchev–Trinajstić information content (AvgIpc) is 2.59. The Morgan fingerprint density at radius 1 is 1.07 bits per heavy atom.